The molecule has 1 atom stereocenters. The molecular formula is C10H17ClN2. The van der Waals surface area contributed by atoms with Crippen LogP contribution in [0.5, 0.6) is 0 Å². The lowest BCUT2D eigenvalue weighted by molar-refractivity contribution is 0.359. The summed E-state index contributed by atoms with van der Waals surface area (Å²) in [6.45, 7) is 6.65. The first-order valence-electron chi connectivity index (χ1n) is 4.77. The third kappa shape index (κ3) is 2.25. The van der Waals surface area contributed by atoms with Crippen LogP contribution < -0.4 is 0 Å². The smallest absolute Gasteiger partial charge is 0.0951 e. The third-order valence-electron chi connectivity index (χ3n) is 2.43. The topological polar surface area (TPSA) is 17.8 Å². The van der Waals surface area contributed by atoms with Gasteiger partial charge in [-0.2, -0.15) is 0 Å². The Bertz CT molecular complexity index is 255. The van der Waals surface area contributed by atoms with Crippen LogP contribution in [0.2, 0.25) is 0 Å². The van der Waals surface area contributed by atoms with E-state index in [1.165, 1.54) is 0 Å². The molecule has 0 saturated heterocycles. The van der Waals surface area contributed by atoms with Crippen molar-refractivity contribution in [3.63, 3.8) is 0 Å². The van der Waals surface area contributed by atoms with E-state index in [-0.39, 0.29) is 0 Å². The molecule has 0 aliphatic heterocycles. The molecule has 0 bridgehead atoms. The summed E-state index contributed by atoms with van der Waals surface area (Å²) in [6, 6.07) is 0.524. The zero-order valence-electron chi connectivity index (χ0n) is 8.50. The second kappa shape index (κ2) is 4.66. The lowest BCUT2D eigenvalue weighted by Gasteiger charge is -2.22. The van der Waals surface area contributed by atoms with E-state index < -0.39 is 0 Å². The van der Waals surface area contributed by atoms with Gasteiger partial charge in [-0.05, 0) is 12.3 Å². The zero-order chi connectivity index (χ0) is 9.84. The summed E-state index contributed by atoms with van der Waals surface area (Å²) < 4.78 is 2.19. The van der Waals surface area contributed by atoms with Gasteiger partial charge in [-0.1, -0.05) is 20.8 Å². The quantitative estimate of drug-likeness (QED) is 0.683. The van der Waals surface area contributed by atoms with E-state index in [1.54, 1.807) is 0 Å². The number of aromatic nitrogens is 2. The van der Waals surface area contributed by atoms with Crippen molar-refractivity contribution in [3.05, 3.63) is 18.2 Å². The van der Waals surface area contributed by atoms with Crippen LogP contribution in [0.3, 0.4) is 0 Å². The highest BCUT2D eigenvalue weighted by molar-refractivity contribution is 6.16. The van der Waals surface area contributed by atoms with Gasteiger partial charge in [0.25, 0.3) is 0 Å². The molecular weight excluding hydrogens is 184 g/mol. The van der Waals surface area contributed by atoms with Crippen molar-refractivity contribution in [1.82, 2.24) is 9.55 Å². The van der Waals surface area contributed by atoms with Gasteiger partial charge in [0.1, 0.15) is 0 Å². The lowest BCUT2D eigenvalue weighted by Crippen LogP contribution is -2.15. The minimum absolute atomic E-state index is 0.524. The molecule has 0 aliphatic carbocycles. The summed E-state index contributed by atoms with van der Waals surface area (Å²) in [4.78, 5) is 4.12. The molecule has 0 radical (unpaired) electrons. The van der Waals surface area contributed by atoms with Crippen LogP contribution in [0.1, 0.15) is 38.9 Å². The van der Waals surface area contributed by atoms with E-state index in [4.69, 9.17) is 11.6 Å². The van der Waals surface area contributed by atoms with E-state index >= 15 is 0 Å². The van der Waals surface area contributed by atoms with Crippen molar-refractivity contribution >= 4 is 11.6 Å². The van der Waals surface area contributed by atoms with Crippen molar-refractivity contribution in [3.8, 4) is 0 Å². The van der Waals surface area contributed by atoms with Gasteiger partial charge in [-0.25, -0.2) is 4.98 Å². The molecule has 0 aliphatic rings. The Balaban J connectivity index is 2.90. The van der Waals surface area contributed by atoms with Crippen molar-refractivity contribution in [2.75, 3.05) is 0 Å². The molecule has 0 N–H and O–H groups in total. The van der Waals surface area contributed by atoms with E-state index in [9.17, 15) is 0 Å². The Hall–Kier alpha value is -0.500. The summed E-state index contributed by atoms with van der Waals surface area (Å²) in [5.41, 5.74) is 1.11. The van der Waals surface area contributed by atoms with Crippen LogP contribution >= 0.6 is 11.6 Å². The first-order valence-corrected chi connectivity index (χ1v) is 5.30. The predicted octanol–water partition coefficient (Wildman–Crippen LogP) is 3.23. The van der Waals surface area contributed by atoms with Crippen LogP contribution in [0.25, 0.3) is 0 Å². The molecule has 74 valence electrons. The Kier molecular flexibility index (Phi) is 3.79. The molecule has 0 fully saturated rings. The summed E-state index contributed by atoms with van der Waals surface area (Å²) in [6.07, 6.45) is 4.85. The maximum atomic E-state index is 5.82. The Morgan fingerprint density at radius 3 is 2.69 bits per heavy atom. The van der Waals surface area contributed by atoms with E-state index in [2.05, 4.69) is 30.3 Å². The van der Waals surface area contributed by atoms with Crippen LogP contribution in [0.15, 0.2) is 12.5 Å². The summed E-state index contributed by atoms with van der Waals surface area (Å²) in [7, 11) is 0. The maximum Gasteiger partial charge on any atom is 0.0951 e. The number of halogens is 1. The largest absolute Gasteiger partial charge is 0.330 e. The number of alkyl halides is 1. The normalized spacial score (nSPS) is 13.6. The minimum atomic E-state index is 0.524. The molecule has 1 rings (SSSR count). The fourth-order valence-corrected chi connectivity index (χ4v) is 1.93. The van der Waals surface area contributed by atoms with E-state index in [0.29, 0.717) is 17.8 Å². The molecule has 0 aromatic carbocycles. The number of hydrogen-bond donors (Lipinski definition) is 0. The molecule has 2 nitrogen and oxygen atoms in total. The van der Waals surface area contributed by atoms with Crippen LogP contribution in [-0.4, -0.2) is 9.55 Å². The van der Waals surface area contributed by atoms with Gasteiger partial charge >= 0.3 is 0 Å². The van der Waals surface area contributed by atoms with Crippen molar-refractivity contribution in [2.24, 2.45) is 5.92 Å². The zero-order valence-corrected chi connectivity index (χ0v) is 9.25. The minimum Gasteiger partial charge on any atom is -0.330 e. The van der Waals surface area contributed by atoms with Gasteiger partial charge < -0.3 is 4.57 Å². The number of hydrogen-bond acceptors (Lipinski definition) is 1. The van der Waals surface area contributed by atoms with Crippen molar-refractivity contribution in [2.45, 2.75) is 39.1 Å². The average Bonchev–Trinajstić information content (AvgIpc) is 2.53. The molecule has 1 aromatic heterocycles. The van der Waals surface area contributed by atoms with Gasteiger partial charge in [0.15, 0.2) is 0 Å². The van der Waals surface area contributed by atoms with Gasteiger partial charge in [-0.3, -0.25) is 0 Å². The van der Waals surface area contributed by atoms with Crippen LogP contribution in [-0.2, 0) is 5.88 Å². The number of rotatable bonds is 4. The van der Waals surface area contributed by atoms with Crippen molar-refractivity contribution < 1.29 is 0 Å². The SMILES string of the molecule is CCC(C(C)C)n1cncc1CCl. The molecule has 1 unspecified atom stereocenters. The van der Waals surface area contributed by atoms with E-state index in [0.717, 1.165) is 12.1 Å². The first kappa shape index (κ1) is 10.6. The first-order chi connectivity index (χ1) is 6.20. The van der Waals surface area contributed by atoms with Crippen molar-refractivity contribution in [1.29, 1.82) is 0 Å². The average molecular weight is 201 g/mol. The second-order valence-corrected chi connectivity index (χ2v) is 3.91. The highest BCUT2D eigenvalue weighted by Crippen LogP contribution is 2.23. The molecule has 3 heteroatoms. The Morgan fingerprint density at radius 1 is 1.54 bits per heavy atom. The van der Waals surface area contributed by atoms with Crippen LogP contribution in [0.4, 0.5) is 0 Å². The molecule has 0 amide bonds. The van der Waals surface area contributed by atoms with Gasteiger partial charge in [0.05, 0.1) is 17.9 Å². The highest BCUT2D eigenvalue weighted by Gasteiger charge is 2.15. The molecule has 13 heavy (non-hydrogen) atoms. The molecule has 1 aromatic rings. The van der Waals surface area contributed by atoms with Gasteiger partial charge in [0, 0.05) is 12.2 Å². The monoisotopic (exact) mass is 200 g/mol. The Morgan fingerprint density at radius 2 is 2.23 bits per heavy atom. The third-order valence-corrected chi connectivity index (χ3v) is 2.70. The summed E-state index contributed by atoms with van der Waals surface area (Å²) in [5, 5.41) is 0. The van der Waals surface area contributed by atoms with Gasteiger partial charge in [0.2, 0.25) is 0 Å². The standard InChI is InChI=1S/C10H17ClN2/c1-4-10(8(2)3)13-7-12-6-9(13)5-11/h6-8,10H,4-5H2,1-3H3. The fraction of sp³-hybridized carbons (Fsp3) is 0.700. The molecule has 1 heterocycles. The number of nitrogens with zero attached hydrogens (tertiary/aromatic N) is 2. The molecule has 0 saturated carbocycles. The summed E-state index contributed by atoms with van der Waals surface area (Å²) >= 11 is 5.82. The van der Waals surface area contributed by atoms with Gasteiger partial charge in [-0.15, -0.1) is 11.6 Å². The Labute approximate surface area is 84.9 Å². The van der Waals surface area contributed by atoms with Crippen LogP contribution in [0, 0.1) is 5.92 Å². The predicted molar refractivity (Wildman–Crippen MR) is 56.0 cm³/mol. The molecule has 0 spiro atoms. The van der Waals surface area contributed by atoms with E-state index in [1.807, 2.05) is 12.5 Å². The maximum absolute atomic E-state index is 5.82. The highest BCUT2D eigenvalue weighted by atomic mass is 35.5. The fourth-order valence-electron chi connectivity index (χ4n) is 1.72. The number of imidazole rings is 1. The lowest BCUT2D eigenvalue weighted by atomic mass is 10.0. The second-order valence-electron chi connectivity index (χ2n) is 3.65. The summed E-state index contributed by atoms with van der Waals surface area (Å²) in [5.74, 6) is 1.17.